The summed E-state index contributed by atoms with van der Waals surface area (Å²) in [5.41, 5.74) is 2.76. The van der Waals surface area contributed by atoms with Gasteiger partial charge in [0, 0.05) is 6.10 Å². The Morgan fingerprint density at radius 3 is 2.38 bits per heavy atom. The molecule has 34 heavy (non-hydrogen) atoms. The fraction of sp³-hybridized carbons (Fsp3) is 0.875. The van der Waals surface area contributed by atoms with E-state index in [-0.39, 0.29) is 0 Å². The Morgan fingerprint density at radius 1 is 1.00 bits per heavy atom. The Hall–Kier alpha value is -0.343. The summed E-state index contributed by atoms with van der Waals surface area (Å²) in [5.74, 6) is 5.86. The lowest BCUT2D eigenvalue weighted by Crippen LogP contribution is -2.51. The van der Waals surface area contributed by atoms with Gasteiger partial charge >= 0.3 is 0 Å². The van der Waals surface area contributed by atoms with Crippen molar-refractivity contribution in [1.29, 1.82) is 0 Å². The van der Waals surface area contributed by atoms with Crippen molar-refractivity contribution in [2.45, 2.75) is 125 Å². The fourth-order valence-corrected chi connectivity index (χ4v) is 10.6. The van der Waals surface area contributed by atoms with Crippen LogP contribution in [0.3, 0.4) is 0 Å². The summed E-state index contributed by atoms with van der Waals surface area (Å²) in [6, 6.07) is 0. The highest BCUT2D eigenvalue weighted by Gasteiger charge is 2.59. The maximum Gasteiger partial charge on any atom is 0.184 e. The van der Waals surface area contributed by atoms with Gasteiger partial charge in [-0.2, -0.15) is 0 Å². The first-order valence-electron chi connectivity index (χ1n) is 14.9. The van der Waals surface area contributed by atoms with Gasteiger partial charge in [0.05, 0.1) is 0 Å². The van der Waals surface area contributed by atoms with E-state index in [1.807, 2.05) is 0 Å². The highest BCUT2D eigenvalue weighted by molar-refractivity contribution is 6.69. The molecule has 4 aliphatic rings. The van der Waals surface area contributed by atoms with Gasteiger partial charge in [0.2, 0.25) is 0 Å². The van der Waals surface area contributed by atoms with E-state index < -0.39 is 8.32 Å². The Bertz CT molecular complexity index is 774. The zero-order valence-electron chi connectivity index (χ0n) is 24.1. The predicted molar refractivity (Wildman–Crippen MR) is 150 cm³/mol. The van der Waals surface area contributed by atoms with Crippen LogP contribution in [0.1, 0.15) is 99.3 Å². The second-order valence-corrected chi connectivity index (χ2v) is 19.1. The lowest BCUT2D eigenvalue weighted by Gasteiger charge is -2.58. The molecule has 4 rings (SSSR count). The average Bonchev–Trinajstić information content (AvgIpc) is 3.10. The van der Waals surface area contributed by atoms with E-state index >= 15 is 0 Å². The van der Waals surface area contributed by atoms with Crippen molar-refractivity contribution in [3.8, 4) is 0 Å². The Labute approximate surface area is 213 Å². The summed E-state index contributed by atoms with van der Waals surface area (Å²) >= 11 is 0. The molecule has 0 aliphatic heterocycles. The summed E-state index contributed by atoms with van der Waals surface area (Å²) in [6.07, 6.45) is 20.7. The molecule has 0 saturated heterocycles. The Morgan fingerprint density at radius 2 is 1.74 bits per heavy atom. The maximum atomic E-state index is 6.59. The minimum absolute atomic E-state index is 0.443. The smallest absolute Gasteiger partial charge is 0.184 e. The van der Waals surface area contributed by atoms with Gasteiger partial charge in [0.25, 0.3) is 0 Å². The highest BCUT2D eigenvalue weighted by atomic mass is 28.4. The molecule has 9 atom stereocenters. The van der Waals surface area contributed by atoms with Crippen molar-refractivity contribution in [2.24, 2.45) is 52.3 Å². The summed E-state index contributed by atoms with van der Waals surface area (Å²) in [4.78, 5) is 0. The molecule has 3 fully saturated rings. The van der Waals surface area contributed by atoms with E-state index in [0.29, 0.717) is 16.9 Å². The van der Waals surface area contributed by atoms with E-state index in [1.165, 1.54) is 57.8 Å². The molecular weight excluding hydrogens is 428 g/mol. The average molecular weight is 485 g/mol. The normalized spacial score (nSPS) is 42.2. The van der Waals surface area contributed by atoms with Crippen LogP contribution in [0, 0.1) is 52.3 Å². The lowest BCUT2D eigenvalue weighted by atomic mass is 9.47. The molecule has 1 nitrogen and oxygen atoms in total. The highest BCUT2D eigenvalue weighted by Crippen LogP contribution is 2.67. The summed E-state index contributed by atoms with van der Waals surface area (Å²) in [7, 11) is -1.46. The van der Waals surface area contributed by atoms with E-state index in [0.717, 1.165) is 41.4 Å². The standard InChI is InChI=1S/C32H56OSi/c1-10-24(22(2)3)12-11-23(4)28-15-16-29-27-14-13-25-21-26(33-34(7,8)9)17-19-31(25,5)30(27)18-20-32(28,29)6/h11-13,22-24,26-30H,10,14-21H2,1-9H3. The number of allylic oxidation sites excluding steroid dienone is 3. The third-order valence-electron chi connectivity index (χ3n) is 11.3. The number of fused-ring (bicyclic) bond motifs is 5. The largest absolute Gasteiger partial charge is 0.414 e. The minimum atomic E-state index is -1.46. The second kappa shape index (κ2) is 9.84. The van der Waals surface area contributed by atoms with Crippen LogP contribution in [0.15, 0.2) is 23.8 Å². The summed E-state index contributed by atoms with van der Waals surface area (Å²) in [6.45, 7) is 22.1. The molecule has 0 bridgehead atoms. The quantitative estimate of drug-likeness (QED) is 0.258. The molecule has 4 aliphatic carbocycles. The van der Waals surface area contributed by atoms with Crippen LogP contribution in [0.2, 0.25) is 19.6 Å². The van der Waals surface area contributed by atoms with E-state index in [2.05, 4.69) is 79.4 Å². The third-order valence-corrected chi connectivity index (χ3v) is 12.3. The van der Waals surface area contributed by atoms with Gasteiger partial charge in [-0.1, -0.05) is 65.3 Å². The zero-order chi connectivity index (χ0) is 24.9. The van der Waals surface area contributed by atoms with Gasteiger partial charge in [-0.3, -0.25) is 0 Å². The van der Waals surface area contributed by atoms with E-state index in [4.69, 9.17) is 4.43 Å². The molecular formula is C32H56OSi. The van der Waals surface area contributed by atoms with Gasteiger partial charge in [-0.15, -0.1) is 0 Å². The molecule has 0 aromatic rings. The molecule has 3 saturated carbocycles. The molecule has 2 heteroatoms. The molecule has 0 N–H and O–H groups in total. The molecule has 0 aromatic heterocycles. The van der Waals surface area contributed by atoms with Crippen molar-refractivity contribution in [2.75, 3.05) is 0 Å². The predicted octanol–water partition coefficient (Wildman–Crippen LogP) is 9.66. The van der Waals surface area contributed by atoms with Crippen LogP contribution < -0.4 is 0 Å². The SMILES string of the molecule is CCC(C=CC(C)C1CCC2C3CC=C4CC(O[Si](C)(C)C)CCC4(C)C3CCC12C)C(C)C. The molecule has 0 heterocycles. The van der Waals surface area contributed by atoms with Crippen LogP contribution in [0.25, 0.3) is 0 Å². The minimum Gasteiger partial charge on any atom is -0.414 e. The lowest BCUT2D eigenvalue weighted by molar-refractivity contribution is -0.0530. The van der Waals surface area contributed by atoms with E-state index in [1.54, 1.807) is 5.57 Å². The molecule has 0 amide bonds. The van der Waals surface area contributed by atoms with Crippen LogP contribution >= 0.6 is 0 Å². The first kappa shape index (κ1) is 26.7. The van der Waals surface area contributed by atoms with Crippen LogP contribution in [-0.4, -0.2) is 14.4 Å². The van der Waals surface area contributed by atoms with E-state index in [9.17, 15) is 0 Å². The number of rotatable bonds is 7. The van der Waals surface area contributed by atoms with Gasteiger partial charge < -0.3 is 4.43 Å². The van der Waals surface area contributed by atoms with Crippen molar-refractivity contribution >= 4 is 8.32 Å². The fourth-order valence-electron chi connectivity index (χ4n) is 9.41. The molecule has 0 spiro atoms. The molecule has 0 radical (unpaired) electrons. The third kappa shape index (κ3) is 4.93. The zero-order valence-corrected chi connectivity index (χ0v) is 25.1. The van der Waals surface area contributed by atoms with Crippen LogP contribution in [0.4, 0.5) is 0 Å². The first-order chi connectivity index (χ1) is 15.9. The van der Waals surface area contributed by atoms with Gasteiger partial charge in [0.15, 0.2) is 8.32 Å². The van der Waals surface area contributed by atoms with Crippen LogP contribution in [-0.2, 0) is 4.43 Å². The first-order valence-corrected chi connectivity index (χ1v) is 18.4. The number of hydrogen-bond donors (Lipinski definition) is 0. The van der Waals surface area contributed by atoms with Crippen LogP contribution in [0.5, 0.6) is 0 Å². The molecule has 0 aromatic carbocycles. The van der Waals surface area contributed by atoms with Crippen molar-refractivity contribution in [3.63, 3.8) is 0 Å². The van der Waals surface area contributed by atoms with Crippen molar-refractivity contribution < 1.29 is 4.43 Å². The summed E-state index contributed by atoms with van der Waals surface area (Å²) in [5, 5.41) is 0. The number of hydrogen-bond acceptors (Lipinski definition) is 1. The molecule has 9 unspecified atom stereocenters. The maximum absolute atomic E-state index is 6.59. The van der Waals surface area contributed by atoms with Gasteiger partial charge in [0.1, 0.15) is 0 Å². The monoisotopic (exact) mass is 484 g/mol. The summed E-state index contributed by atoms with van der Waals surface area (Å²) < 4.78 is 6.59. The van der Waals surface area contributed by atoms with Gasteiger partial charge in [-0.25, -0.2) is 0 Å². The van der Waals surface area contributed by atoms with Crippen molar-refractivity contribution in [1.82, 2.24) is 0 Å². The topological polar surface area (TPSA) is 9.23 Å². The van der Waals surface area contributed by atoms with Gasteiger partial charge in [-0.05, 0) is 130 Å². The second-order valence-electron chi connectivity index (χ2n) is 14.6. The Balaban J connectivity index is 1.49. The van der Waals surface area contributed by atoms with Crippen molar-refractivity contribution in [3.05, 3.63) is 23.8 Å². The molecule has 194 valence electrons. The Kier molecular flexibility index (Phi) is 7.73.